The van der Waals surface area contributed by atoms with Crippen molar-refractivity contribution in [3.05, 3.63) is 0 Å². The first-order chi connectivity index (χ1) is 3.79. The molecular formula is C3H5ClNO2P. The van der Waals surface area contributed by atoms with Crippen LogP contribution in [0.4, 0.5) is 0 Å². The van der Waals surface area contributed by atoms with Crippen molar-refractivity contribution >= 4 is 24.8 Å². The van der Waals surface area contributed by atoms with Gasteiger partial charge in [0.15, 0.2) is 0 Å². The van der Waals surface area contributed by atoms with Gasteiger partial charge in [0, 0.05) is 0 Å². The van der Waals surface area contributed by atoms with Crippen LogP contribution in [0.3, 0.4) is 0 Å². The lowest BCUT2D eigenvalue weighted by atomic mass is 10.4. The number of amides is 1. The second-order valence-electron chi connectivity index (χ2n) is 1.36. The van der Waals surface area contributed by atoms with Crippen molar-refractivity contribution in [2.24, 2.45) is 0 Å². The Balaban J connectivity index is 2.34. The molecule has 0 aromatic heterocycles. The number of hydrogen-bond acceptors (Lipinski definition) is 2. The van der Waals surface area contributed by atoms with Crippen LogP contribution in [0.2, 0.25) is 0 Å². The van der Waals surface area contributed by atoms with Crippen molar-refractivity contribution in [2.75, 3.05) is 6.61 Å². The van der Waals surface area contributed by atoms with E-state index in [0.717, 1.165) is 0 Å². The fourth-order valence-electron chi connectivity index (χ4n) is 0.405. The Kier molecular flexibility index (Phi) is 2.06. The number of nitrogens with one attached hydrogen (secondary N) is 1. The maximum atomic E-state index is 10.4. The highest BCUT2D eigenvalue weighted by molar-refractivity contribution is 7.79. The minimum Gasteiger partial charge on any atom is -0.327 e. The van der Waals surface area contributed by atoms with Crippen molar-refractivity contribution in [3.63, 3.8) is 0 Å². The second kappa shape index (κ2) is 2.62. The summed E-state index contributed by atoms with van der Waals surface area (Å²) < 4.78 is 4.85. The van der Waals surface area contributed by atoms with Crippen molar-refractivity contribution in [1.82, 2.24) is 5.09 Å². The van der Waals surface area contributed by atoms with Crippen LogP contribution >= 0.6 is 18.9 Å². The smallest absolute Gasteiger partial charge is 0.236 e. The summed E-state index contributed by atoms with van der Waals surface area (Å²) in [5.74, 6) is -0.0163. The van der Waals surface area contributed by atoms with Crippen molar-refractivity contribution in [3.8, 4) is 0 Å². The molecule has 0 aromatic rings. The van der Waals surface area contributed by atoms with Gasteiger partial charge in [0.1, 0.15) is 0 Å². The van der Waals surface area contributed by atoms with Gasteiger partial charge in [-0.05, 0) is 11.2 Å². The molecule has 0 spiro atoms. The molecule has 1 fully saturated rings. The molecule has 5 heteroatoms. The van der Waals surface area contributed by atoms with Crippen LogP contribution in [-0.4, -0.2) is 12.5 Å². The normalized spacial score (nSPS) is 29.6. The summed E-state index contributed by atoms with van der Waals surface area (Å²) in [5.41, 5.74) is 0. The zero-order chi connectivity index (χ0) is 5.98. The third kappa shape index (κ3) is 1.58. The zero-order valence-corrected chi connectivity index (χ0v) is 5.71. The summed E-state index contributed by atoms with van der Waals surface area (Å²) in [4.78, 5) is 10.4. The molecule has 1 saturated heterocycles. The first-order valence-electron chi connectivity index (χ1n) is 2.17. The Bertz CT molecular complexity index is 109. The van der Waals surface area contributed by atoms with Gasteiger partial charge in [0.05, 0.1) is 13.0 Å². The lowest BCUT2D eigenvalue weighted by molar-refractivity contribution is -0.120. The minimum absolute atomic E-state index is 0.0163. The van der Waals surface area contributed by atoms with E-state index in [0.29, 0.717) is 13.0 Å². The third-order valence-corrected chi connectivity index (χ3v) is 2.13. The van der Waals surface area contributed by atoms with Gasteiger partial charge in [-0.25, -0.2) is 0 Å². The average Bonchev–Trinajstić information content (AvgIpc) is 1.64. The number of hydrogen-bond donors (Lipinski definition) is 1. The van der Waals surface area contributed by atoms with E-state index in [1.165, 1.54) is 0 Å². The maximum Gasteiger partial charge on any atom is 0.236 e. The van der Waals surface area contributed by atoms with E-state index in [2.05, 4.69) is 5.09 Å². The fourth-order valence-corrected chi connectivity index (χ4v) is 1.52. The summed E-state index contributed by atoms with van der Waals surface area (Å²) in [7, 11) is -1.16. The quantitative estimate of drug-likeness (QED) is 0.527. The van der Waals surface area contributed by atoms with E-state index < -0.39 is 7.65 Å². The van der Waals surface area contributed by atoms with Crippen LogP contribution in [0.5, 0.6) is 0 Å². The third-order valence-electron chi connectivity index (χ3n) is 0.746. The van der Waals surface area contributed by atoms with E-state index >= 15 is 0 Å². The molecule has 3 nitrogen and oxygen atoms in total. The first-order valence-corrected chi connectivity index (χ1v) is 4.34. The molecule has 1 amide bonds. The van der Waals surface area contributed by atoms with Gasteiger partial charge in [0.25, 0.3) is 0 Å². The predicted molar refractivity (Wildman–Crippen MR) is 31.5 cm³/mol. The van der Waals surface area contributed by atoms with E-state index in [-0.39, 0.29) is 5.91 Å². The monoisotopic (exact) mass is 153 g/mol. The lowest BCUT2D eigenvalue weighted by Gasteiger charge is -2.15. The molecule has 1 aliphatic heterocycles. The lowest BCUT2D eigenvalue weighted by Crippen LogP contribution is -2.23. The van der Waals surface area contributed by atoms with Crippen LogP contribution < -0.4 is 5.09 Å². The van der Waals surface area contributed by atoms with Crippen LogP contribution in [0.1, 0.15) is 6.42 Å². The van der Waals surface area contributed by atoms with Crippen molar-refractivity contribution < 1.29 is 9.32 Å². The van der Waals surface area contributed by atoms with Crippen LogP contribution in [-0.2, 0) is 9.32 Å². The van der Waals surface area contributed by atoms with Gasteiger partial charge in [-0.15, -0.1) is 0 Å². The summed E-state index contributed by atoms with van der Waals surface area (Å²) in [6, 6.07) is 0. The Morgan fingerprint density at radius 1 is 1.88 bits per heavy atom. The molecule has 1 unspecified atom stereocenters. The van der Waals surface area contributed by atoms with Gasteiger partial charge in [-0.1, -0.05) is 0 Å². The molecule has 46 valence electrons. The second-order valence-corrected chi connectivity index (χ2v) is 3.26. The van der Waals surface area contributed by atoms with E-state index in [1.807, 2.05) is 0 Å². The number of carbonyl (C=O) groups excluding carboxylic acids is 1. The highest BCUT2D eigenvalue weighted by atomic mass is 35.7. The molecule has 1 atom stereocenters. The molecule has 0 saturated carbocycles. The number of halogens is 1. The summed E-state index contributed by atoms with van der Waals surface area (Å²) in [6.45, 7) is 0.459. The Morgan fingerprint density at radius 2 is 2.62 bits per heavy atom. The standard InChI is InChI=1S/C3H5ClNO2P/c4-8-5-3(6)1-2-7-8/h1-2H2,(H,5,6). The molecule has 0 aliphatic carbocycles. The number of rotatable bonds is 0. The maximum absolute atomic E-state index is 10.4. The van der Waals surface area contributed by atoms with Crippen LogP contribution in [0, 0.1) is 0 Å². The fraction of sp³-hybridized carbons (Fsp3) is 0.667. The first kappa shape index (κ1) is 6.27. The van der Waals surface area contributed by atoms with Gasteiger partial charge in [0.2, 0.25) is 13.6 Å². The van der Waals surface area contributed by atoms with E-state index in [1.54, 1.807) is 0 Å². The largest absolute Gasteiger partial charge is 0.327 e. The van der Waals surface area contributed by atoms with Gasteiger partial charge in [-0.3, -0.25) is 4.79 Å². The van der Waals surface area contributed by atoms with Crippen molar-refractivity contribution in [1.29, 1.82) is 0 Å². The van der Waals surface area contributed by atoms with Crippen molar-refractivity contribution in [2.45, 2.75) is 6.42 Å². The Hall–Kier alpha value is 0.150. The molecule has 1 heterocycles. The van der Waals surface area contributed by atoms with Gasteiger partial charge >= 0.3 is 0 Å². The molecule has 1 aliphatic rings. The molecule has 1 rings (SSSR count). The summed E-state index contributed by atoms with van der Waals surface area (Å²) in [5, 5.41) is 2.45. The number of carbonyl (C=O) groups is 1. The molecule has 0 radical (unpaired) electrons. The Morgan fingerprint density at radius 3 is 3.00 bits per heavy atom. The highest BCUT2D eigenvalue weighted by Crippen LogP contribution is 2.39. The summed E-state index contributed by atoms with van der Waals surface area (Å²) >= 11 is 5.42. The van der Waals surface area contributed by atoms with E-state index in [9.17, 15) is 4.79 Å². The topological polar surface area (TPSA) is 38.3 Å². The highest BCUT2D eigenvalue weighted by Gasteiger charge is 2.15. The molecule has 1 N–H and O–H groups in total. The van der Waals surface area contributed by atoms with E-state index in [4.69, 9.17) is 15.8 Å². The van der Waals surface area contributed by atoms with Crippen LogP contribution in [0.15, 0.2) is 0 Å². The SMILES string of the molecule is O=C1CCOP(Cl)N1. The predicted octanol–water partition coefficient (Wildman–Crippen LogP) is 0.989. The van der Waals surface area contributed by atoms with Gasteiger partial charge < -0.3 is 9.61 Å². The molecule has 0 aromatic carbocycles. The molecular weight excluding hydrogens is 148 g/mol. The summed E-state index contributed by atoms with van der Waals surface area (Å²) in [6.07, 6.45) is 0.436. The molecule has 0 bridgehead atoms. The zero-order valence-electron chi connectivity index (χ0n) is 4.06. The Labute approximate surface area is 53.0 Å². The molecule has 8 heavy (non-hydrogen) atoms. The minimum atomic E-state index is -1.16. The average molecular weight is 154 g/mol. The van der Waals surface area contributed by atoms with Gasteiger partial charge in [-0.2, -0.15) is 0 Å². The van der Waals surface area contributed by atoms with Crippen LogP contribution in [0.25, 0.3) is 0 Å².